The lowest BCUT2D eigenvalue weighted by Gasteiger charge is -2.23. The van der Waals surface area contributed by atoms with Gasteiger partial charge in [0.25, 0.3) is 5.91 Å². The smallest absolute Gasteiger partial charge is 0.276 e. The fraction of sp³-hybridized carbons (Fsp3) is 0.300. The monoisotopic (exact) mass is 364 g/mol. The van der Waals surface area contributed by atoms with Crippen LogP contribution in [0, 0.1) is 0 Å². The number of carbonyl (C=O) groups is 1. The van der Waals surface area contributed by atoms with E-state index in [1.807, 2.05) is 56.6 Å². The normalized spacial score (nSPS) is 10.9. The molecule has 2 heterocycles. The standard InChI is InChI=1S/C20H24N6O/c1-24(2)11-12-25(14-18-9-6-10-21-13-18)20(27)19-16-26(23-22-19)15-17-7-4-3-5-8-17/h3-10,13,16H,11-12,14-15H2,1-2H3. The molecule has 0 unspecified atom stereocenters. The second kappa shape index (κ2) is 9.05. The summed E-state index contributed by atoms with van der Waals surface area (Å²) in [5.74, 6) is -0.125. The molecule has 0 aliphatic heterocycles. The van der Waals surface area contributed by atoms with Gasteiger partial charge in [0, 0.05) is 32.0 Å². The molecule has 1 amide bonds. The Bertz CT molecular complexity index is 847. The van der Waals surface area contributed by atoms with Gasteiger partial charge in [-0.1, -0.05) is 41.6 Å². The van der Waals surface area contributed by atoms with E-state index in [0.29, 0.717) is 25.3 Å². The van der Waals surface area contributed by atoms with Crippen LogP contribution in [0.15, 0.2) is 61.1 Å². The lowest BCUT2D eigenvalue weighted by atomic mass is 10.2. The Morgan fingerprint density at radius 1 is 1.04 bits per heavy atom. The van der Waals surface area contributed by atoms with Crippen molar-refractivity contribution >= 4 is 5.91 Å². The lowest BCUT2D eigenvalue weighted by Crippen LogP contribution is -2.36. The summed E-state index contributed by atoms with van der Waals surface area (Å²) in [6.07, 6.45) is 5.22. The average molecular weight is 364 g/mol. The Morgan fingerprint density at radius 3 is 2.52 bits per heavy atom. The highest BCUT2D eigenvalue weighted by Crippen LogP contribution is 2.09. The van der Waals surface area contributed by atoms with Gasteiger partial charge in [0.15, 0.2) is 5.69 Å². The Hall–Kier alpha value is -3.06. The van der Waals surface area contributed by atoms with Crippen molar-refractivity contribution in [1.82, 2.24) is 29.8 Å². The zero-order valence-corrected chi connectivity index (χ0v) is 15.7. The third-order valence-corrected chi connectivity index (χ3v) is 4.15. The number of rotatable bonds is 8. The number of carbonyl (C=O) groups excluding carboxylic acids is 1. The van der Waals surface area contributed by atoms with Gasteiger partial charge in [0.05, 0.1) is 12.7 Å². The molecule has 0 saturated carbocycles. The fourth-order valence-corrected chi connectivity index (χ4v) is 2.69. The molecule has 140 valence electrons. The van der Waals surface area contributed by atoms with E-state index in [-0.39, 0.29) is 5.91 Å². The number of pyridine rings is 1. The average Bonchev–Trinajstić information content (AvgIpc) is 3.14. The molecule has 0 aliphatic rings. The maximum absolute atomic E-state index is 13.0. The number of benzene rings is 1. The molecule has 0 bridgehead atoms. The Balaban J connectivity index is 1.72. The number of hydrogen-bond acceptors (Lipinski definition) is 5. The summed E-state index contributed by atoms with van der Waals surface area (Å²) in [5.41, 5.74) is 2.45. The van der Waals surface area contributed by atoms with E-state index < -0.39 is 0 Å². The van der Waals surface area contributed by atoms with Crippen LogP contribution in [-0.2, 0) is 13.1 Å². The van der Waals surface area contributed by atoms with Gasteiger partial charge in [0.2, 0.25) is 0 Å². The molecule has 3 aromatic rings. The SMILES string of the molecule is CN(C)CCN(Cc1cccnc1)C(=O)c1cn(Cc2ccccc2)nn1. The molecule has 3 rings (SSSR count). The molecule has 0 spiro atoms. The van der Waals surface area contributed by atoms with E-state index in [4.69, 9.17) is 0 Å². The van der Waals surface area contributed by atoms with Crippen molar-refractivity contribution in [3.8, 4) is 0 Å². The van der Waals surface area contributed by atoms with Gasteiger partial charge in [-0.2, -0.15) is 0 Å². The van der Waals surface area contributed by atoms with Gasteiger partial charge >= 0.3 is 0 Å². The maximum atomic E-state index is 13.0. The molecule has 7 heteroatoms. The van der Waals surface area contributed by atoms with Crippen molar-refractivity contribution in [2.24, 2.45) is 0 Å². The van der Waals surface area contributed by atoms with Crippen LogP contribution < -0.4 is 0 Å². The summed E-state index contributed by atoms with van der Waals surface area (Å²) >= 11 is 0. The zero-order chi connectivity index (χ0) is 19.1. The third kappa shape index (κ3) is 5.46. The first-order chi connectivity index (χ1) is 13.1. The molecule has 2 aromatic heterocycles. The quantitative estimate of drug-likeness (QED) is 0.611. The summed E-state index contributed by atoms with van der Waals surface area (Å²) in [6.45, 7) is 2.45. The maximum Gasteiger partial charge on any atom is 0.276 e. The summed E-state index contributed by atoms with van der Waals surface area (Å²) in [6, 6.07) is 13.8. The van der Waals surface area contributed by atoms with Crippen LogP contribution >= 0.6 is 0 Å². The van der Waals surface area contributed by atoms with Crippen LogP contribution in [0.25, 0.3) is 0 Å². The molecule has 0 aliphatic carbocycles. The van der Waals surface area contributed by atoms with Crippen LogP contribution in [0.1, 0.15) is 21.6 Å². The van der Waals surface area contributed by atoms with Crippen molar-refractivity contribution in [1.29, 1.82) is 0 Å². The first-order valence-electron chi connectivity index (χ1n) is 8.89. The number of amides is 1. The molecule has 1 aromatic carbocycles. The number of nitrogens with zero attached hydrogens (tertiary/aromatic N) is 6. The number of likely N-dealkylation sites (N-methyl/N-ethyl adjacent to an activating group) is 1. The van der Waals surface area contributed by atoms with Crippen LogP contribution in [0.2, 0.25) is 0 Å². The molecule has 7 nitrogen and oxygen atoms in total. The summed E-state index contributed by atoms with van der Waals surface area (Å²) in [7, 11) is 3.98. The van der Waals surface area contributed by atoms with Gasteiger partial charge in [-0.05, 0) is 31.3 Å². The Morgan fingerprint density at radius 2 is 1.81 bits per heavy atom. The van der Waals surface area contributed by atoms with Crippen molar-refractivity contribution in [2.75, 3.05) is 27.2 Å². The van der Waals surface area contributed by atoms with Crippen molar-refractivity contribution in [2.45, 2.75) is 13.1 Å². The van der Waals surface area contributed by atoms with Gasteiger partial charge < -0.3 is 9.80 Å². The van der Waals surface area contributed by atoms with Gasteiger partial charge in [-0.25, -0.2) is 4.68 Å². The van der Waals surface area contributed by atoms with E-state index in [1.165, 1.54) is 0 Å². The van der Waals surface area contributed by atoms with Crippen molar-refractivity contribution < 1.29 is 4.79 Å². The molecule has 0 fully saturated rings. The largest absolute Gasteiger partial charge is 0.332 e. The predicted molar refractivity (Wildman–Crippen MR) is 103 cm³/mol. The van der Waals surface area contributed by atoms with Gasteiger partial charge in [0.1, 0.15) is 0 Å². The molecule has 27 heavy (non-hydrogen) atoms. The van der Waals surface area contributed by atoms with Crippen LogP contribution in [0.3, 0.4) is 0 Å². The third-order valence-electron chi connectivity index (χ3n) is 4.15. The highest BCUT2D eigenvalue weighted by atomic mass is 16.2. The van der Waals surface area contributed by atoms with E-state index in [0.717, 1.165) is 17.7 Å². The first-order valence-corrected chi connectivity index (χ1v) is 8.89. The van der Waals surface area contributed by atoms with Crippen LogP contribution in [-0.4, -0.2) is 62.9 Å². The van der Waals surface area contributed by atoms with E-state index in [9.17, 15) is 4.79 Å². The van der Waals surface area contributed by atoms with Crippen molar-refractivity contribution in [3.63, 3.8) is 0 Å². The topological polar surface area (TPSA) is 67.2 Å². The molecular weight excluding hydrogens is 340 g/mol. The van der Waals surface area contributed by atoms with Crippen molar-refractivity contribution in [3.05, 3.63) is 77.9 Å². The Labute approximate surface area is 159 Å². The van der Waals surface area contributed by atoms with E-state index in [1.54, 1.807) is 28.2 Å². The second-order valence-corrected chi connectivity index (χ2v) is 6.68. The molecule has 0 radical (unpaired) electrons. The first kappa shape index (κ1) is 18.7. The summed E-state index contributed by atoms with van der Waals surface area (Å²) in [4.78, 5) is 21.0. The molecule has 0 N–H and O–H groups in total. The van der Waals surface area contributed by atoms with Crippen LogP contribution in [0.5, 0.6) is 0 Å². The lowest BCUT2D eigenvalue weighted by molar-refractivity contribution is 0.0725. The van der Waals surface area contributed by atoms with Gasteiger partial charge in [-0.15, -0.1) is 5.10 Å². The predicted octanol–water partition coefficient (Wildman–Crippen LogP) is 1.93. The summed E-state index contributed by atoms with van der Waals surface area (Å²) in [5, 5.41) is 8.21. The number of hydrogen-bond donors (Lipinski definition) is 0. The zero-order valence-electron chi connectivity index (χ0n) is 15.7. The fourth-order valence-electron chi connectivity index (χ4n) is 2.69. The minimum Gasteiger partial charge on any atom is -0.332 e. The van der Waals surface area contributed by atoms with Crippen LogP contribution in [0.4, 0.5) is 0 Å². The minimum atomic E-state index is -0.125. The van der Waals surface area contributed by atoms with Gasteiger partial charge in [-0.3, -0.25) is 9.78 Å². The highest BCUT2D eigenvalue weighted by molar-refractivity contribution is 5.91. The second-order valence-electron chi connectivity index (χ2n) is 6.68. The summed E-state index contributed by atoms with van der Waals surface area (Å²) < 4.78 is 1.69. The Kier molecular flexibility index (Phi) is 6.27. The molecular formula is C20H24N6O. The number of aromatic nitrogens is 4. The highest BCUT2D eigenvalue weighted by Gasteiger charge is 2.20. The van der Waals surface area contributed by atoms with E-state index >= 15 is 0 Å². The minimum absolute atomic E-state index is 0.125. The van der Waals surface area contributed by atoms with E-state index in [2.05, 4.69) is 20.2 Å². The molecule has 0 saturated heterocycles. The molecule has 0 atom stereocenters.